The molecule has 4 rings (SSSR count). The van der Waals surface area contributed by atoms with Crippen molar-refractivity contribution >= 4 is 17.2 Å². The van der Waals surface area contributed by atoms with Crippen LogP contribution in [0.3, 0.4) is 0 Å². The van der Waals surface area contributed by atoms with Crippen LogP contribution in [0.15, 0.2) is 35.3 Å². The second kappa shape index (κ2) is 6.86. The highest BCUT2D eigenvalue weighted by atomic mass is 16.5. The van der Waals surface area contributed by atoms with Crippen LogP contribution in [0.5, 0.6) is 5.75 Å². The third-order valence-electron chi connectivity index (χ3n) is 4.93. The number of hydrogen-bond donors (Lipinski definition) is 0. The summed E-state index contributed by atoms with van der Waals surface area (Å²) >= 11 is 0. The van der Waals surface area contributed by atoms with Crippen molar-refractivity contribution in [2.45, 2.75) is 19.3 Å². The van der Waals surface area contributed by atoms with E-state index in [0.717, 1.165) is 24.8 Å². The van der Waals surface area contributed by atoms with Crippen LogP contribution in [-0.2, 0) is 7.05 Å². The highest BCUT2D eigenvalue weighted by Crippen LogP contribution is 2.22. The number of amides is 1. The summed E-state index contributed by atoms with van der Waals surface area (Å²) in [5.41, 5.74) is 1.22. The molecule has 1 saturated heterocycles. The van der Waals surface area contributed by atoms with Gasteiger partial charge in [0.2, 0.25) is 0 Å². The number of carbonyl (C=O) groups is 1. The SMILES string of the molecule is COc1cccc(-c2ncc3c(n2)n(C)c(=O)n3C(=O)N2CCCCC2)c1. The predicted octanol–water partition coefficient (Wildman–Crippen LogP) is 2.26. The van der Waals surface area contributed by atoms with Gasteiger partial charge in [0.15, 0.2) is 11.5 Å². The number of imidazole rings is 1. The Morgan fingerprint density at radius 2 is 1.96 bits per heavy atom. The molecule has 27 heavy (non-hydrogen) atoms. The van der Waals surface area contributed by atoms with Crippen molar-refractivity contribution in [3.63, 3.8) is 0 Å². The van der Waals surface area contributed by atoms with Gasteiger partial charge in [-0.05, 0) is 31.4 Å². The summed E-state index contributed by atoms with van der Waals surface area (Å²) in [6.45, 7) is 1.34. The fourth-order valence-electron chi connectivity index (χ4n) is 3.43. The van der Waals surface area contributed by atoms with Crippen LogP contribution in [0, 0.1) is 0 Å². The van der Waals surface area contributed by atoms with E-state index in [9.17, 15) is 9.59 Å². The fraction of sp³-hybridized carbons (Fsp3) is 0.368. The lowest BCUT2D eigenvalue weighted by Gasteiger charge is -2.26. The van der Waals surface area contributed by atoms with Crippen molar-refractivity contribution in [1.29, 1.82) is 0 Å². The number of hydrogen-bond acceptors (Lipinski definition) is 5. The zero-order chi connectivity index (χ0) is 19.0. The van der Waals surface area contributed by atoms with E-state index in [1.165, 1.54) is 9.13 Å². The molecule has 0 aliphatic carbocycles. The average molecular weight is 367 g/mol. The Labute approximate surface area is 156 Å². The summed E-state index contributed by atoms with van der Waals surface area (Å²) in [5, 5.41) is 0. The molecule has 0 spiro atoms. The number of methoxy groups -OCH3 is 1. The Kier molecular flexibility index (Phi) is 4.39. The minimum Gasteiger partial charge on any atom is -0.497 e. The van der Waals surface area contributed by atoms with Gasteiger partial charge in [0.1, 0.15) is 11.3 Å². The number of ether oxygens (including phenoxy) is 1. The summed E-state index contributed by atoms with van der Waals surface area (Å²) in [5.74, 6) is 1.17. The van der Waals surface area contributed by atoms with Gasteiger partial charge in [-0.25, -0.2) is 24.1 Å². The van der Waals surface area contributed by atoms with E-state index in [2.05, 4.69) is 9.97 Å². The third-order valence-corrected chi connectivity index (χ3v) is 4.93. The van der Waals surface area contributed by atoms with E-state index in [1.54, 1.807) is 25.3 Å². The molecule has 0 N–H and O–H groups in total. The first-order valence-corrected chi connectivity index (χ1v) is 8.98. The van der Waals surface area contributed by atoms with Gasteiger partial charge < -0.3 is 9.64 Å². The Bertz CT molecular complexity index is 1060. The molecular formula is C19H21N5O3. The highest BCUT2D eigenvalue weighted by Gasteiger charge is 2.24. The normalized spacial score (nSPS) is 14.5. The summed E-state index contributed by atoms with van der Waals surface area (Å²) in [6.07, 6.45) is 4.57. The summed E-state index contributed by atoms with van der Waals surface area (Å²) in [6, 6.07) is 7.09. The second-order valence-corrected chi connectivity index (χ2v) is 6.64. The van der Waals surface area contributed by atoms with Gasteiger partial charge in [-0.1, -0.05) is 12.1 Å². The van der Waals surface area contributed by atoms with Crippen LogP contribution in [0.2, 0.25) is 0 Å². The van der Waals surface area contributed by atoms with Gasteiger partial charge in [-0.2, -0.15) is 0 Å². The number of benzene rings is 1. The van der Waals surface area contributed by atoms with Crippen LogP contribution in [0.25, 0.3) is 22.6 Å². The first kappa shape index (κ1) is 17.3. The van der Waals surface area contributed by atoms with Gasteiger partial charge >= 0.3 is 11.7 Å². The molecule has 0 radical (unpaired) electrons. The number of aromatic nitrogens is 4. The van der Waals surface area contributed by atoms with Crippen molar-refractivity contribution in [2.24, 2.45) is 7.05 Å². The molecule has 2 aromatic heterocycles. The molecule has 0 unspecified atom stereocenters. The lowest BCUT2D eigenvalue weighted by molar-refractivity contribution is 0.188. The molecule has 0 bridgehead atoms. The molecule has 1 aliphatic heterocycles. The smallest absolute Gasteiger partial charge is 0.338 e. The predicted molar refractivity (Wildman–Crippen MR) is 101 cm³/mol. The number of nitrogens with zero attached hydrogens (tertiary/aromatic N) is 5. The van der Waals surface area contributed by atoms with Crippen LogP contribution < -0.4 is 10.4 Å². The fourth-order valence-corrected chi connectivity index (χ4v) is 3.43. The molecule has 8 heteroatoms. The lowest BCUT2D eigenvalue weighted by Crippen LogP contribution is -2.42. The lowest BCUT2D eigenvalue weighted by atomic mass is 10.1. The number of carbonyl (C=O) groups excluding carboxylic acids is 1. The molecule has 1 amide bonds. The monoisotopic (exact) mass is 367 g/mol. The first-order valence-electron chi connectivity index (χ1n) is 8.98. The Balaban J connectivity index is 1.80. The molecule has 3 heterocycles. The maximum absolute atomic E-state index is 12.9. The third kappa shape index (κ3) is 2.97. The number of aryl methyl sites for hydroxylation is 1. The molecule has 1 aliphatic rings. The Morgan fingerprint density at radius 1 is 1.19 bits per heavy atom. The standard InChI is InChI=1S/C19H21N5O3/c1-22-17-15(24(18(22)25)19(26)23-9-4-3-5-10-23)12-20-16(21-17)13-7-6-8-14(11-13)27-2/h6-8,11-12H,3-5,9-10H2,1-2H3. The molecule has 0 atom stereocenters. The zero-order valence-electron chi connectivity index (χ0n) is 15.4. The van der Waals surface area contributed by atoms with Gasteiger partial charge in [0.05, 0.1) is 13.3 Å². The van der Waals surface area contributed by atoms with E-state index in [1.807, 2.05) is 24.3 Å². The summed E-state index contributed by atoms with van der Waals surface area (Å²) < 4.78 is 7.81. The highest BCUT2D eigenvalue weighted by molar-refractivity contribution is 5.88. The van der Waals surface area contributed by atoms with Crippen molar-refractivity contribution in [1.82, 2.24) is 24.0 Å². The van der Waals surface area contributed by atoms with Crippen LogP contribution in [-0.4, -0.2) is 50.2 Å². The quantitative estimate of drug-likeness (QED) is 0.694. The van der Waals surface area contributed by atoms with Crippen LogP contribution >= 0.6 is 0 Å². The zero-order valence-corrected chi connectivity index (χ0v) is 15.4. The van der Waals surface area contributed by atoms with Crippen molar-refractivity contribution in [2.75, 3.05) is 20.2 Å². The van der Waals surface area contributed by atoms with Gasteiger partial charge in [-0.3, -0.25) is 4.57 Å². The van der Waals surface area contributed by atoms with Crippen molar-refractivity contribution < 1.29 is 9.53 Å². The van der Waals surface area contributed by atoms with Crippen molar-refractivity contribution in [3.8, 4) is 17.1 Å². The first-order chi connectivity index (χ1) is 13.1. The molecule has 0 saturated carbocycles. The molecule has 1 aromatic carbocycles. The average Bonchev–Trinajstić information content (AvgIpc) is 2.98. The van der Waals surface area contributed by atoms with Crippen LogP contribution in [0.1, 0.15) is 19.3 Å². The number of rotatable bonds is 2. The topological polar surface area (TPSA) is 82.2 Å². The summed E-state index contributed by atoms with van der Waals surface area (Å²) in [7, 11) is 3.21. The summed E-state index contributed by atoms with van der Waals surface area (Å²) in [4.78, 5) is 36.2. The largest absolute Gasteiger partial charge is 0.497 e. The van der Waals surface area contributed by atoms with Gasteiger partial charge in [-0.15, -0.1) is 0 Å². The Morgan fingerprint density at radius 3 is 2.70 bits per heavy atom. The van der Waals surface area contributed by atoms with E-state index in [-0.39, 0.29) is 6.03 Å². The number of piperidine rings is 1. The maximum Gasteiger partial charge on any atom is 0.338 e. The van der Waals surface area contributed by atoms with Gasteiger partial charge in [0, 0.05) is 25.7 Å². The van der Waals surface area contributed by atoms with E-state index < -0.39 is 5.69 Å². The number of fused-ring (bicyclic) bond motifs is 1. The maximum atomic E-state index is 12.9. The minimum absolute atomic E-state index is 0.303. The molecule has 1 fully saturated rings. The molecule has 3 aromatic rings. The van der Waals surface area contributed by atoms with E-state index in [0.29, 0.717) is 35.8 Å². The van der Waals surface area contributed by atoms with Gasteiger partial charge in [0.25, 0.3) is 0 Å². The second-order valence-electron chi connectivity index (χ2n) is 6.64. The Hall–Kier alpha value is -3.16. The van der Waals surface area contributed by atoms with E-state index in [4.69, 9.17) is 4.74 Å². The van der Waals surface area contributed by atoms with Crippen LogP contribution in [0.4, 0.5) is 4.79 Å². The molecular weight excluding hydrogens is 346 g/mol. The molecule has 140 valence electrons. The number of likely N-dealkylation sites (tertiary alicyclic amines) is 1. The van der Waals surface area contributed by atoms with E-state index >= 15 is 0 Å². The minimum atomic E-state index is -0.405. The van der Waals surface area contributed by atoms with Crippen molar-refractivity contribution in [3.05, 3.63) is 40.9 Å². The molecule has 8 nitrogen and oxygen atoms in total.